The molecule has 0 aliphatic rings. The Morgan fingerprint density at radius 3 is 3.00 bits per heavy atom. The zero-order chi connectivity index (χ0) is 12.3. The molecule has 1 heterocycles. The van der Waals surface area contributed by atoms with Crippen LogP contribution in [0.5, 0.6) is 5.75 Å². The highest BCUT2D eigenvalue weighted by Crippen LogP contribution is 2.30. The fourth-order valence-electron chi connectivity index (χ4n) is 1.56. The van der Waals surface area contributed by atoms with Gasteiger partial charge in [0.1, 0.15) is 17.3 Å². The summed E-state index contributed by atoms with van der Waals surface area (Å²) in [6.45, 7) is 1.90. The Morgan fingerprint density at radius 1 is 1.47 bits per heavy atom. The van der Waals surface area contributed by atoms with Crippen LogP contribution in [0, 0.1) is 11.3 Å². The van der Waals surface area contributed by atoms with Crippen molar-refractivity contribution in [2.24, 2.45) is 0 Å². The fraction of sp³-hybridized carbons (Fsp3) is 0.231. The van der Waals surface area contributed by atoms with Crippen molar-refractivity contribution < 1.29 is 4.74 Å². The first-order valence-electron chi connectivity index (χ1n) is 5.35. The number of halogens is 1. The number of benzene rings is 1. The Labute approximate surface area is 105 Å². The molecule has 0 saturated heterocycles. The van der Waals surface area contributed by atoms with Gasteiger partial charge in [0.15, 0.2) is 6.10 Å². The van der Waals surface area contributed by atoms with Crippen LogP contribution in [-0.4, -0.2) is 11.1 Å². The molecule has 0 aliphatic heterocycles. The van der Waals surface area contributed by atoms with Crippen LogP contribution >= 0.6 is 11.6 Å². The lowest BCUT2D eigenvalue weighted by molar-refractivity contribution is 0.254. The quantitative estimate of drug-likeness (QED) is 0.832. The van der Waals surface area contributed by atoms with Gasteiger partial charge in [0, 0.05) is 11.6 Å². The molecule has 0 bridgehead atoms. The predicted octanol–water partition coefficient (Wildman–Crippen LogP) is 3.57. The highest BCUT2D eigenvalue weighted by Gasteiger charge is 2.11. The van der Waals surface area contributed by atoms with Crippen molar-refractivity contribution in [2.75, 3.05) is 0 Å². The van der Waals surface area contributed by atoms with E-state index in [1.807, 2.05) is 19.1 Å². The number of rotatable bonds is 3. The average molecular weight is 247 g/mol. The van der Waals surface area contributed by atoms with Crippen molar-refractivity contribution in [3.8, 4) is 11.8 Å². The Morgan fingerprint density at radius 2 is 2.29 bits per heavy atom. The summed E-state index contributed by atoms with van der Waals surface area (Å²) in [4.78, 5) is 4.24. The zero-order valence-corrected chi connectivity index (χ0v) is 10.1. The van der Waals surface area contributed by atoms with E-state index in [0.717, 1.165) is 5.39 Å². The lowest BCUT2D eigenvalue weighted by atomic mass is 10.2. The number of ether oxygens (including phenoxy) is 1. The Bertz CT molecular complexity index is 577. The molecule has 1 unspecified atom stereocenters. The van der Waals surface area contributed by atoms with E-state index in [-0.39, 0.29) is 0 Å². The smallest absolute Gasteiger partial charge is 0.184 e. The van der Waals surface area contributed by atoms with Gasteiger partial charge in [0.05, 0.1) is 5.02 Å². The summed E-state index contributed by atoms with van der Waals surface area (Å²) in [5.74, 6) is 0.596. The van der Waals surface area contributed by atoms with Gasteiger partial charge in [-0.05, 0) is 30.7 Å². The first kappa shape index (κ1) is 11.7. The number of nitrogens with zero attached hydrogens (tertiary/aromatic N) is 2. The summed E-state index contributed by atoms with van der Waals surface area (Å²) in [5.41, 5.74) is 0.689. The van der Waals surface area contributed by atoms with Crippen molar-refractivity contribution in [3.05, 3.63) is 35.5 Å². The molecule has 1 aromatic heterocycles. The molecule has 2 rings (SSSR count). The van der Waals surface area contributed by atoms with E-state index in [1.54, 1.807) is 18.3 Å². The van der Waals surface area contributed by atoms with Crippen LogP contribution in [0.25, 0.3) is 10.9 Å². The van der Waals surface area contributed by atoms with Crippen molar-refractivity contribution in [2.45, 2.75) is 19.4 Å². The lowest BCUT2D eigenvalue weighted by Gasteiger charge is -2.12. The largest absolute Gasteiger partial charge is 0.473 e. The van der Waals surface area contributed by atoms with E-state index >= 15 is 0 Å². The normalized spacial score (nSPS) is 12.1. The minimum absolute atomic E-state index is 0.457. The van der Waals surface area contributed by atoms with Crippen molar-refractivity contribution >= 4 is 22.5 Å². The van der Waals surface area contributed by atoms with Crippen LogP contribution in [0.2, 0.25) is 5.02 Å². The molecule has 17 heavy (non-hydrogen) atoms. The molecule has 0 spiro atoms. The number of pyridine rings is 1. The van der Waals surface area contributed by atoms with Gasteiger partial charge in [-0.1, -0.05) is 18.5 Å². The number of hydrogen-bond donors (Lipinski definition) is 0. The molecule has 1 aromatic carbocycles. The third kappa shape index (κ3) is 2.32. The van der Waals surface area contributed by atoms with Gasteiger partial charge in [0.2, 0.25) is 0 Å². The number of aromatic nitrogens is 1. The fourth-order valence-corrected chi connectivity index (χ4v) is 1.78. The average Bonchev–Trinajstić information content (AvgIpc) is 2.38. The first-order chi connectivity index (χ1) is 8.26. The van der Waals surface area contributed by atoms with E-state index in [1.165, 1.54) is 0 Å². The van der Waals surface area contributed by atoms with E-state index in [2.05, 4.69) is 11.1 Å². The number of nitriles is 1. The third-order valence-corrected chi connectivity index (χ3v) is 2.79. The molecule has 0 N–H and O–H groups in total. The summed E-state index contributed by atoms with van der Waals surface area (Å²) in [6.07, 6.45) is 1.85. The molecule has 4 heteroatoms. The molecular weight excluding hydrogens is 236 g/mol. The van der Waals surface area contributed by atoms with Gasteiger partial charge in [-0.15, -0.1) is 0 Å². The molecule has 2 aromatic rings. The summed E-state index contributed by atoms with van der Waals surface area (Å²) in [5, 5.41) is 10.4. The second kappa shape index (κ2) is 5.03. The van der Waals surface area contributed by atoms with E-state index in [0.29, 0.717) is 22.7 Å². The van der Waals surface area contributed by atoms with Gasteiger partial charge in [-0.2, -0.15) is 5.26 Å². The van der Waals surface area contributed by atoms with Gasteiger partial charge in [-0.25, -0.2) is 0 Å². The van der Waals surface area contributed by atoms with Crippen LogP contribution in [-0.2, 0) is 0 Å². The summed E-state index contributed by atoms with van der Waals surface area (Å²) in [6, 6.07) is 9.30. The third-order valence-electron chi connectivity index (χ3n) is 2.46. The van der Waals surface area contributed by atoms with Crippen molar-refractivity contribution in [3.63, 3.8) is 0 Å². The Kier molecular flexibility index (Phi) is 3.46. The summed E-state index contributed by atoms with van der Waals surface area (Å²) in [7, 11) is 0. The van der Waals surface area contributed by atoms with Gasteiger partial charge >= 0.3 is 0 Å². The van der Waals surface area contributed by atoms with E-state index in [4.69, 9.17) is 21.6 Å². The topological polar surface area (TPSA) is 45.9 Å². The second-order valence-corrected chi connectivity index (χ2v) is 4.00. The van der Waals surface area contributed by atoms with Crippen LogP contribution in [0.4, 0.5) is 0 Å². The lowest BCUT2D eigenvalue weighted by Crippen LogP contribution is -2.12. The second-order valence-electron chi connectivity index (χ2n) is 3.59. The highest BCUT2D eigenvalue weighted by molar-refractivity contribution is 6.35. The maximum absolute atomic E-state index is 8.89. The zero-order valence-electron chi connectivity index (χ0n) is 9.35. The molecular formula is C13H11ClN2O. The Hall–Kier alpha value is -1.79. The number of hydrogen-bond acceptors (Lipinski definition) is 3. The van der Waals surface area contributed by atoms with E-state index in [9.17, 15) is 0 Å². The Balaban J connectivity index is 2.49. The predicted molar refractivity (Wildman–Crippen MR) is 67.1 cm³/mol. The minimum atomic E-state index is -0.457. The van der Waals surface area contributed by atoms with Crippen LogP contribution in [0.1, 0.15) is 13.3 Å². The highest BCUT2D eigenvalue weighted by atomic mass is 35.5. The SMILES string of the molecule is CCC(C#N)Oc1ccc(Cl)c2cccnc12. The molecule has 0 aliphatic carbocycles. The van der Waals surface area contributed by atoms with Gasteiger partial charge < -0.3 is 4.74 Å². The summed E-state index contributed by atoms with van der Waals surface area (Å²) >= 11 is 6.07. The molecule has 0 fully saturated rings. The van der Waals surface area contributed by atoms with Gasteiger partial charge in [0.25, 0.3) is 0 Å². The van der Waals surface area contributed by atoms with E-state index < -0.39 is 6.10 Å². The number of fused-ring (bicyclic) bond motifs is 1. The molecule has 0 saturated carbocycles. The van der Waals surface area contributed by atoms with Crippen molar-refractivity contribution in [1.82, 2.24) is 4.98 Å². The van der Waals surface area contributed by atoms with Crippen LogP contribution in [0.3, 0.4) is 0 Å². The van der Waals surface area contributed by atoms with Crippen LogP contribution < -0.4 is 4.74 Å². The molecule has 86 valence electrons. The first-order valence-corrected chi connectivity index (χ1v) is 5.73. The van der Waals surface area contributed by atoms with Gasteiger partial charge in [-0.3, -0.25) is 4.98 Å². The van der Waals surface area contributed by atoms with Crippen molar-refractivity contribution in [1.29, 1.82) is 5.26 Å². The maximum atomic E-state index is 8.89. The molecule has 3 nitrogen and oxygen atoms in total. The standard InChI is InChI=1S/C13H11ClN2O/c1-2-9(8-15)17-12-6-5-11(14)10-4-3-7-16-13(10)12/h3-7,9H,2H2,1H3. The monoisotopic (exact) mass is 246 g/mol. The molecule has 0 amide bonds. The molecule has 0 radical (unpaired) electrons. The molecule has 1 atom stereocenters. The minimum Gasteiger partial charge on any atom is -0.473 e. The summed E-state index contributed by atoms with van der Waals surface area (Å²) < 4.78 is 5.60. The van der Waals surface area contributed by atoms with Crippen LogP contribution in [0.15, 0.2) is 30.5 Å². The maximum Gasteiger partial charge on any atom is 0.184 e.